The van der Waals surface area contributed by atoms with Crippen LogP contribution in [0.1, 0.15) is 13.8 Å². The summed E-state index contributed by atoms with van der Waals surface area (Å²) in [7, 11) is 0. The van der Waals surface area contributed by atoms with E-state index in [1.807, 2.05) is 13.8 Å². The Morgan fingerprint density at radius 1 is 1.47 bits per heavy atom. The molecule has 0 spiro atoms. The number of anilines is 1. The van der Waals surface area contributed by atoms with Crippen LogP contribution in [0.25, 0.3) is 0 Å². The Morgan fingerprint density at radius 2 is 2.13 bits per heavy atom. The fraction of sp³-hybridized carbons (Fsp3) is 0.182. The van der Waals surface area contributed by atoms with Crippen LogP contribution in [0.3, 0.4) is 0 Å². The SMILES string of the molecule is CC(C)=CC(=O)Nc1ccc(Br)c(Cl)c1. The first-order valence-electron chi connectivity index (χ1n) is 4.40. The molecular weight excluding hydrogens is 277 g/mol. The molecule has 0 saturated heterocycles. The number of hydrogen-bond donors (Lipinski definition) is 1. The third kappa shape index (κ3) is 4.06. The van der Waals surface area contributed by atoms with Gasteiger partial charge in [-0.3, -0.25) is 4.79 Å². The largest absolute Gasteiger partial charge is 0.322 e. The highest BCUT2D eigenvalue weighted by molar-refractivity contribution is 9.10. The van der Waals surface area contributed by atoms with Crippen LogP contribution in [0.2, 0.25) is 5.02 Å². The average Bonchev–Trinajstić information content (AvgIpc) is 2.10. The van der Waals surface area contributed by atoms with E-state index >= 15 is 0 Å². The summed E-state index contributed by atoms with van der Waals surface area (Å²) < 4.78 is 0.810. The zero-order chi connectivity index (χ0) is 11.4. The number of carbonyl (C=O) groups excluding carboxylic acids is 1. The van der Waals surface area contributed by atoms with Crippen molar-refractivity contribution in [1.82, 2.24) is 0 Å². The molecule has 1 amide bonds. The quantitative estimate of drug-likeness (QED) is 0.819. The van der Waals surface area contributed by atoms with Crippen molar-refractivity contribution in [2.75, 3.05) is 5.32 Å². The van der Waals surface area contributed by atoms with Crippen LogP contribution in [0.5, 0.6) is 0 Å². The lowest BCUT2D eigenvalue weighted by molar-refractivity contribution is -0.111. The number of allylic oxidation sites excluding steroid dienone is 1. The number of nitrogens with one attached hydrogen (secondary N) is 1. The lowest BCUT2D eigenvalue weighted by Crippen LogP contribution is -2.08. The minimum atomic E-state index is -0.145. The van der Waals surface area contributed by atoms with E-state index < -0.39 is 0 Å². The fourth-order valence-electron chi connectivity index (χ4n) is 1.01. The van der Waals surface area contributed by atoms with Gasteiger partial charge in [-0.2, -0.15) is 0 Å². The average molecular weight is 289 g/mol. The standard InChI is InChI=1S/C11H11BrClNO/c1-7(2)5-11(15)14-8-3-4-9(12)10(13)6-8/h3-6H,1-2H3,(H,14,15). The van der Waals surface area contributed by atoms with E-state index in [4.69, 9.17) is 11.6 Å². The molecular formula is C11H11BrClNO. The summed E-state index contributed by atoms with van der Waals surface area (Å²) in [5.74, 6) is -0.145. The maximum absolute atomic E-state index is 11.4. The predicted molar refractivity (Wildman–Crippen MR) is 67.2 cm³/mol. The van der Waals surface area contributed by atoms with Crippen LogP contribution >= 0.6 is 27.5 Å². The second kappa shape index (κ2) is 5.33. The number of halogens is 2. The van der Waals surface area contributed by atoms with Gasteiger partial charge in [0.1, 0.15) is 0 Å². The Balaban J connectivity index is 2.78. The molecule has 0 fully saturated rings. The summed E-state index contributed by atoms with van der Waals surface area (Å²) in [6, 6.07) is 5.27. The molecule has 4 heteroatoms. The maximum Gasteiger partial charge on any atom is 0.248 e. The Kier molecular flexibility index (Phi) is 4.36. The minimum absolute atomic E-state index is 0.145. The molecule has 0 aliphatic carbocycles. The summed E-state index contributed by atoms with van der Waals surface area (Å²) in [6.45, 7) is 3.74. The molecule has 0 bridgehead atoms. The molecule has 0 heterocycles. The van der Waals surface area contributed by atoms with Crippen LogP contribution < -0.4 is 5.32 Å². The van der Waals surface area contributed by atoms with Gasteiger partial charge in [-0.25, -0.2) is 0 Å². The van der Waals surface area contributed by atoms with Gasteiger partial charge in [0.15, 0.2) is 0 Å². The van der Waals surface area contributed by atoms with E-state index in [0.717, 1.165) is 10.0 Å². The highest BCUT2D eigenvalue weighted by atomic mass is 79.9. The van der Waals surface area contributed by atoms with Crippen molar-refractivity contribution < 1.29 is 4.79 Å². The summed E-state index contributed by atoms with van der Waals surface area (Å²) in [5, 5.41) is 3.29. The first-order valence-corrected chi connectivity index (χ1v) is 5.57. The molecule has 1 aromatic carbocycles. The zero-order valence-corrected chi connectivity index (χ0v) is 10.8. The normalized spacial score (nSPS) is 9.60. The van der Waals surface area contributed by atoms with E-state index in [9.17, 15) is 4.79 Å². The van der Waals surface area contributed by atoms with Crippen LogP contribution in [-0.4, -0.2) is 5.91 Å². The second-order valence-corrected chi connectivity index (χ2v) is 4.60. The molecule has 1 aromatic rings. The third-order valence-electron chi connectivity index (χ3n) is 1.61. The number of carbonyl (C=O) groups is 1. The van der Waals surface area contributed by atoms with E-state index in [0.29, 0.717) is 10.7 Å². The predicted octanol–water partition coefficient (Wildman–Crippen LogP) is 4.01. The van der Waals surface area contributed by atoms with Gasteiger partial charge in [-0.15, -0.1) is 0 Å². The number of benzene rings is 1. The van der Waals surface area contributed by atoms with E-state index in [1.54, 1.807) is 18.2 Å². The molecule has 2 nitrogen and oxygen atoms in total. The summed E-state index contributed by atoms with van der Waals surface area (Å²) >= 11 is 9.17. The summed E-state index contributed by atoms with van der Waals surface area (Å²) in [5.41, 5.74) is 1.64. The van der Waals surface area contributed by atoms with Gasteiger partial charge in [-0.05, 0) is 48.0 Å². The summed E-state index contributed by atoms with van der Waals surface area (Å²) in [6.07, 6.45) is 1.54. The molecule has 0 atom stereocenters. The van der Waals surface area contributed by atoms with Gasteiger partial charge >= 0.3 is 0 Å². The molecule has 1 N–H and O–H groups in total. The zero-order valence-electron chi connectivity index (χ0n) is 8.47. The fourth-order valence-corrected chi connectivity index (χ4v) is 1.44. The van der Waals surface area contributed by atoms with Crippen molar-refractivity contribution in [1.29, 1.82) is 0 Å². The van der Waals surface area contributed by atoms with Crippen molar-refractivity contribution in [3.63, 3.8) is 0 Å². The summed E-state index contributed by atoms with van der Waals surface area (Å²) in [4.78, 5) is 11.4. The highest BCUT2D eigenvalue weighted by Gasteiger charge is 2.01. The van der Waals surface area contributed by atoms with Gasteiger partial charge in [0.25, 0.3) is 0 Å². The van der Waals surface area contributed by atoms with Crippen molar-refractivity contribution >= 4 is 39.1 Å². The van der Waals surface area contributed by atoms with Gasteiger partial charge in [0.2, 0.25) is 5.91 Å². The molecule has 0 radical (unpaired) electrons. The van der Waals surface area contributed by atoms with E-state index in [2.05, 4.69) is 21.2 Å². The maximum atomic E-state index is 11.4. The van der Waals surface area contributed by atoms with Crippen molar-refractivity contribution in [3.8, 4) is 0 Å². The molecule has 1 rings (SSSR count). The molecule has 0 aromatic heterocycles. The number of hydrogen-bond acceptors (Lipinski definition) is 1. The molecule has 0 aliphatic rings. The second-order valence-electron chi connectivity index (χ2n) is 3.34. The van der Waals surface area contributed by atoms with Crippen LogP contribution in [0.15, 0.2) is 34.3 Å². The third-order valence-corrected chi connectivity index (χ3v) is 2.84. The Bertz CT molecular complexity index is 411. The monoisotopic (exact) mass is 287 g/mol. The molecule has 15 heavy (non-hydrogen) atoms. The van der Waals surface area contributed by atoms with Gasteiger partial charge in [0.05, 0.1) is 5.02 Å². The van der Waals surface area contributed by atoms with Crippen molar-refractivity contribution in [2.45, 2.75) is 13.8 Å². The van der Waals surface area contributed by atoms with Crippen LogP contribution in [0, 0.1) is 0 Å². The van der Waals surface area contributed by atoms with Crippen molar-refractivity contribution in [2.24, 2.45) is 0 Å². The molecule has 0 saturated carbocycles. The number of amides is 1. The first-order chi connectivity index (χ1) is 6.99. The van der Waals surface area contributed by atoms with Gasteiger partial charge < -0.3 is 5.32 Å². The minimum Gasteiger partial charge on any atom is -0.322 e. The molecule has 80 valence electrons. The smallest absolute Gasteiger partial charge is 0.248 e. The molecule has 0 aliphatic heterocycles. The number of rotatable bonds is 2. The Morgan fingerprint density at radius 3 is 2.67 bits per heavy atom. The topological polar surface area (TPSA) is 29.1 Å². The van der Waals surface area contributed by atoms with Gasteiger partial charge in [-0.1, -0.05) is 17.2 Å². The Labute approximate surface area is 102 Å². The lowest BCUT2D eigenvalue weighted by atomic mass is 10.3. The van der Waals surface area contributed by atoms with Crippen LogP contribution in [0.4, 0.5) is 5.69 Å². The van der Waals surface area contributed by atoms with E-state index in [-0.39, 0.29) is 5.91 Å². The molecule has 0 unspecified atom stereocenters. The van der Waals surface area contributed by atoms with Crippen molar-refractivity contribution in [3.05, 3.63) is 39.3 Å². The Hall–Kier alpha value is -0.800. The van der Waals surface area contributed by atoms with E-state index in [1.165, 1.54) is 6.08 Å². The van der Waals surface area contributed by atoms with Crippen LogP contribution in [-0.2, 0) is 4.79 Å². The first kappa shape index (κ1) is 12.3. The lowest BCUT2D eigenvalue weighted by Gasteiger charge is -2.03. The van der Waals surface area contributed by atoms with Gasteiger partial charge in [0, 0.05) is 16.2 Å². The highest BCUT2D eigenvalue weighted by Crippen LogP contribution is 2.25.